The highest BCUT2D eigenvalue weighted by atomic mass is 16.6. The summed E-state index contributed by atoms with van der Waals surface area (Å²) >= 11 is 0. The molecule has 7 nitrogen and oxygen atoms in total. The van der Waals surface area contributed by atoms with Gasteiger partial charge in [-0.3, -0.25) is 9.78 Å². The second kappa shape index (κ2) is 7.01. The summed E-state index contributed by atoms with van der Waals surface area (Å²) in [5.41, 5.74) is 1.16. The van der Waals surface area contributed by atoms with Crippen molar-refractivity contribution in [3.05, 3.63) is 48.4 Å². The maximum absolute atomic E-state index is 12.4. The van der Waals surface area contributed by atoms with Gasteiger partial charge in [0.05, 0.1) is 38.2 Å². The van der Waals surface area contributed by atoms with E-state index in [0.717, 1.165) is 23.7 Å². The van der Waals surface area contributed by atoms with Crippen LogP contribution in [0, 0.1) is 6.92 Å². The molecule has 136 valence electrons. The fourth-order valence-corrected chi connectivity index (χ4v) is 3.45. The second-order valence-electron chi connectivity index (χ2n) is 6.77. The van der Waals surface area contributed by atoms with E-state index in [-0.39, 0.29) is 12.5 Å². The van der Waals surface area contributed by atoms with E-state index < -0.39 is 5.60 Å². The molecule has 0 bridgehead atoms. The van der Waals surface area contributed by atoms with E-state index in [0.29, 0.717) is 26.3 Å². The largest absolute Gasteiger partial charge is 0.376 e. The smallest absolute Gasteiger partial charge is 0.253 e. The van der Waals surface area contributed by atoms with Gasteiger partial charge in [0.1, 0.15) is 18.0 Å². The van der Waals surface area contributed by atoms with Gasteiger partial charge in [-0.1, -0.05) is 6.07 Å². The molecule has 0 unspecified atom stereocenters. The van der Waals surface area contributed by atoms with Crippen molar-refractivity contribution in [2.24, 2.45) is 0 Å². The zero-order chi connectivity index (χ0) is 18.0. The summed E-state index contributed by atoms with van der Waals surface area (Å²) in [5, 5.41) is 0. The first-order chi connectivity index (χ1) is 12.7. The number of carbonyl (C=O) groups is 1. The Morgan fingerprint density at radius 1 is 1.19 bits per heavy atom. The normalized spacial score (nSPS) is 24.0. The number of nitrogens with zero attached hydrogens (tertiary/aromatic N) is 4. The third-order valence-electron chi connectivity index (χ3n) is 4.75. The average molecular weight is 354 g/mol. The average Bonchev–Trinajstić information content (AvgIpc) is 2.88. The molecule has 1 atom stereocenters. The number of amides is 1. The summed E-state index contributed by atoms with van der Waals surface area (Å²) in [6.07, 6.45) is 3.40. The highest BCUT2D eigenvalue weighted by Crippen LogP contribution is 2.28. The summed E-state index contributed by atoms with van der Waals surface area (Å²) in [6.45, 7) is 4.84. The highest BCUT2D eigenvalue weighted by Gasteiger charge is 2.43. The van der Waals surface area contributed by atoms with Crippen LogP contribution in [-0.2, 0) is 14.3 Å². The van der Waals surface area contributed by atoms with Crippen LogP contribution in [0.1, 0.15) is 5.69 Å². The molecule has 4 heterocycles. The number of aromatic nitrogens is 2. The Bertz CT molecular complexity index is 785. The minimum absolute atomic E-state index is 0.0351. The molecule has 0 N–H and O–H groups in total. The van der Waals surface area contributed by atoms with Crippen molar-refractivity contribution < 1.29 is 14.3 Å². The standard InChI is InChI=1S/C19H22N4O3/c1-15-4-2-6-17(21-15)22-8-9-25-14-19(12-22)13-23(18(24)11-26-19)16-5-3-7-20-10-16/h2-7,10H,8-9,11-14H2,1H3/t19-/m1/s1. The molecule has 4 rings (SSSR count). The molecule has 26 heavy (non-hydrogen) atoms. The third-order valence-corrected chi connectivity index (χ3v) is 4.75. The molecule has 0 saturated carbocycles. The zero-order valence-electron chi connectivity index (χ0n) is 14.8. The lowest BCUT2D eigenvalue weighted by atomic mass is 10.0. The zero-order valence-corrected chi connectivity index (χ0v) is 14.8. The van der Waals surface area contributed by atoms with Crippen molar-refractivity contribution in [3.63, 3.8) is 0 Å². The lowest BCUT2D eigenvalue weighted by Gasteiger charge is -2.43. The number of aryl methyl sites for hydroxylation is 1. The van der Waals surface area contributed by atoms with Crippen LogP contribution >= 0.6 is 0 Å². The molecule has 7 heteroatoms. The maximum atomic E-state index is 12.4. The van der Waals surface area contributed by atoms with Gasteiger partial charge in [-0.05, 0) is 31.2 Å². The fourth-order valence-electron chi connectivity index (χ4n) is 3.45. The molecule has 2 aromatic rings. The van der Waals surface area contributed by atoms with Gasteiger partial charge in [-0.15, -0.1) is 0 Å². The van der Waals surface area contributed by atoms with Crippen molar-refractivity contribution in [3.8, 4) is 0 Å². The highest BCUT2D eigenvalue weighted by molar-refractivity contribution is 5.95. The van der Waals surface area contributed by atoms with Gasteiger partial charge in [0.25, 0.3) is 5.91 Å². The van der Waals surface area contributed by atoms with Gasteiger partial charge in [0.15, 0.2) is 0 Å². The van der Waals surface area contributed by atoms with Gasteiger partial charge >= 0.3 is 0 Å². The Labute approximate surface area is 152 Å². The fraction of sp³-hybridized carbons (Fsp3) is 0.421. The molecular formula is C19H22N4O3. The number of hydrogen-bond donors (Lipinski definition) is 0. The molecular weight excluding hydrogens is 332 g/mol. The van der Waals surface area contributed by atoms with E-state index in [2.05, 4.69) is 14.9 Å². The lowest BCUT2D eigenvalue weighted by molar-refractivity contribution is -0.143. The van der Waals surface area contributed by atoms with Crippen LogP contribution in [0.5, 0.6) is 0 Å². The SMILES string of the molecule is Cc1cccc(N2CCOC[C@@]3(C2)CN(c2cccnc2)C(=O)CO3)n1. The van der Waals surface area contributed by atoms with Crippen LogP contribution < -0.4 is 9.80 Å². The number of hydrogen-bond acceptors (Lipinski definition) is 6. The van der Waals surface area contributed by atoms with Crippen molar-refractivity contribution in [2.75, 3.05) is 49.3 Å². The molecule has 2 saturated heterocycles. The summed E-state index contributed by atoms with van der Waals surface area (Å²) in [5.74, 6) is 0.844. The lowest BCUT2D eigenvalue weighted by Crippen LogP contribution is -2.61. The third kappa shape index (κ3) is 3.40. The molecule has 2 aromatic heterocycles. The first-order valence-electron chi connectivity index (χ1n) is 8.76. The van der Waals surface area contributed by atoms with Crippen LogP contribution in [-0.4, -0.2) is 60.9 Å². The topological polar surface area (TPSA) is 67.8 Å². The Morgan fingerprint density at radius 3 is 2.92 bits per heavy atom. The monoisotopic (exact) mass is 354 g/mol. The molecule has 2 aliphatic rings. The van der Waals surface area contributed by atoms with E-state index in [1.807, 2.05) is 37.3 Å². The van der Waals surface area contributed by atoms with Crippen LogP contribution in [0.3, 0.4) is 0 Å². The number of carbonyl (C=O) groups excluding carboxylic acids is 1. The minimum atomic E-state index is -0.592. The van der Waals surface area contributed by atoms with E-state index in [1.54, 1.807) is 17.3 Å². The second-order valence-corrected chi connectivity index (χ2v) is 6.77. The predicted octanol–water partition coefficient (Wildman–Crippen LogP) is 1.42. The van der Waals surface area contributed by atoms with Crippen molar-refractivity contribution in [1.82, 2.24) is 9.97 Å². The van der Waals surface area contributed by atoms with Crippen molar-refractivity contribution in [2.45, 2.75) is 12.5 Å². The van der Waals surface area contributed by atoms with E-state index in [4.69, 9.17) is 9.47 Å². The number of anilines is 2. The first kappa shape index (κ1) is 16.9. The van der Waals surface area contributed by atoms with Gasteiger partial charge in [-0.25, -0.2) is 4.98 Å². The summed E-state index contributed by atoms with van der Waals surface area (Å²) in [4.78, 5) is 25.1. The number of pyridine rings is 2. The van der Waals surface area contributed by atoms with E-state index in [9.17, 15) is 4.79 Å². The molecule has 2 fully saturated rings. The van der Waals surface area contributed by atoms with Gasteiger partial charge in [0.2, 0.25) is 0 Å². The molecule has 2 aliphatic heterocycles. The van der Waals surface area contributed by atoms with Crippen LogP contribution in [0.25, 0.3) is 0 Å². The summed E-state index contributed by atoms with van der Waals surface area (Å²) in [6, 6.07) is 9.70. The van der Waals surface area contributed by atoms with E-state index >= 15 is 0 Å². The predicted molar refractivity (Wildman–Crippen MR) is 97.3 cm³/mol. The van der Waals surface area contributed by atoms with Gasteiger partial charge < -0.3 is 19.3 Å². The van der Waals surface area contributed by atoms with Crippen LogP contribution in [0.4, 0.5) is 11.5 Å². The summed E-state index contributed by atoms with van der Waals surface area (Å²) in [7, 11) is 0. The number of morpholine rings is 1. The maximum Gasteiger partial charge on any atom is 0.253 e. The number of rotatable bonds is 2. The molecule has 1 amide bonds. The summed E-state index contributed by atoms with van der Waals surface area (Å²) < 4.78 is 11.9. The quantitative estimate of drug-likeness (QED) is 0.813. The van der Waals surface area contributed by atoms with Gasteiger partial charge in [-0.2, -0.15) is 0 Å². The van der Waals surface area contributed by atoms with E-state index in [1.165, 1.54) is 0 Å². The molecule has 0 aliphatic carbocycles. The molecule has 1 spiro atoms. The number of ether oxygens (including phenoxy) is 2. The minimum Gasteiger partial charge on any atom is -0.376 e. The molecule has 0 aromatic carbocycles. The van der Waals surface area contributed by atoms with Crippen molar-refractivity contribution in [1.29, 1.82) is 0 Å². The Kier molecular flexibility index (Phi) is 4.57. The van der Waals surface area contributed by atoms with Gasteiger partial charge in [0, 0.05) is 18.4 Å². The van der Waals surface area contributed by atoms with Crippen LogP contribution in [0.15, 0.2) is 42.7 Å². The Morgan fingerprint density at radius 2 is 2.12 bits per heavy atom. The van der Waals surface area contributed by atoms with Crippen molar-refractivity contribution >= 4 is 17.4 Å². The van der Waals surface area contributed by atoms with Crippen LogP contribution in [0.2, 0.25) is 0 Å². The first-order valence-corrected chi connectivity index (χ1v) is 8.76. The molecule has 0 radical (unpaired) electrons. The Balaban J connectivity index is 1.60. The Hall–Kier alpha value is -2.51.